The smallest absolute Gasteiger partial charge is 0.368 e. The maximum Gasteiger partial charge on any atom is 0.419 e. The summed E-state index contributed by atoms with van der Waals surface area (Å²) in [6, 6.07) is 5.88. The minimum atomic E-state index is -4.57. The van der Waals surface area contributed by atoms with E-state index in [1.165, 1.54) is 34.8 Å². The molecule has 12 heteroatoms. The molecule has 1 aromatic heterocycles. The van der Waals surface area contributed by atoms with Crippen LogP contribution in [0.15, 0.2) is 41.4 Å². The summed E-state index contributed by atoms with van der Waals surface area (Å²) in [7, 11) is -3.79. The lowest BCUT2D eigenvalue weighted by molar-refractivity contribution is -0.137. The normalized spacial score (nSPS) is 12.1. The lowest BCUT2D eigenvalue weighted by Crippen LogP contribution is -2.32. The third kappa shape index (κ3) is 6.08. The summed E-state index contributed by atoms with van der Waals surface area (Å²) in [5.74, 6) is -1.00. The van der Waals surface area contributed by atoms with Crippen LogP contribution in [0.25, 0.3) is 0 Å². The Bertz CT molecular complexity index is 1030. The molecule has 0 aliphatic carbocycles. The molecule has 2 aromatic rings. The zero-order chi connectivity index (χ0) is 23.2. The lowest BCUT2D eigenvalue weighted by Gasteiger charge is -2.19. The largest absolute Gasteiger partial charge is 0.419 e. The molecule has 170 valence electrons. The number of hydrogen-bond acceptors (Lipinski definition) is 5. The Hall–Kier alpha value is -2.37. The monoisotopic (exact) mass is 478 g/mol. The highest BCUT2D eigenvalue weighted by Gasteiger charge is 2.34. The zero-order valence-electron chi connectivity index (χ0n) is 16.8. The first-order chi connectivity index (χ1) is 14.5. The van der Waals surface area contributed by atoms with Gasteiger partial charge in [-0.25, -0.2) is 13.4 Å². The minimum absolute atomic E-state index is 0.0408. The van der Waals surface area contributed by atoms with E-state index in [4.69, 9.17) is 11.6 Å². The average Bonchev–Trinajstić information content (AvgIpc) is 2.71. The molecule has 31 heavy (non-hydrogen) atoms. The van der Waals surface area contributed by atoms with Crippen molar-refractivity contribution in [3.05, 3.63) is 52.7 Å². The molecular weight excluding hydrogens is 457 g/mol. The van der Waals surface area contributed by atoms with E-state index in [1.807, 2.05) is 0 Å². The molecule has 1 heterocycles. The summed E-state index contributed by atoms with van der Waals surface area (Å²) in [6.07, 6.45) is -3.35. The molecule has 2 rings (SSSR count). The second kappa shape index (κ2) is 10.3. The number of anilines is 1. The molecule has 0 unspecified atom stereocenters. The van der Waals surface area contributed by atoms with Gasteiger partial charge in [-0.05, 0) is 30.3 Å². The summed E-state index contributed by atoms with van der Waals surface area (Å²) in [5.41, 5.74) is -0.970. The SMILES string of the molecule is CCN(CC)S(=O)(=O)c1ccc(Cl)c(C(=O)NCCNc2ncccc2C(F)(F)F)c1. The topological polar surface area (TPSA) is 91.4 Å². The molecular formula is C19H22ClF3N4O3S. The fourth-order valence-corrected chi connectivity index (χ4v) is 4.47. The number of sulfonamides is 1. The van der Waals surface area contributed by atoms with Gasteiger partial charge in [0.15, 0.2) is 0 Å². The number of alkyl halides is 3. The van der Waals surface area contributed by atoms with Gasteiger partial charge in [-0.1, -0.05) is 25.4 Å². The van der Waals surface area contributed by atoms with E-state index in [0.717, 1.165) is 6.07 Å². The molecule has 0 fully saturated rings. The van der Waals surface area contributed by atoms with Crippen molar-refractivity contribution in [3.63, 3.8) is 0 Å². The summed E-state index contributed by atoms with van der Waals surface area (Å²) < 4.78 is 65.5. The van der Waals surface area contributed by atoms with Crippen molar-refractivity contribution >= 4 is 33.3 Å². The predicted molar refractivity (Wildman–Crippen MR) is 112 cm³/mol. The van der Waals surface area contributed by atoms with Crippen LogP contribution in [0, 0.1) is 0 Å². The van der Waals surface area contributed by atoms with E-state index < -0.39 is 27.7 Å². The molecule has 1 amide bonds. The number of nitrogens with zero attached hydrogens (tertiary/aromatic N) is 2. The summed E-state index contributed by atoms with van der Waals surface area (Å²) in [4.78, 5) is 16.1. The van der Waals surface area contributed by atoms with Crippen molar-refractivity contribution in [2.24, 2.45) is 0 Å². The van der Waals surface area contributed by atoms with Crippen molar-refractivity contribution < 1.29 is 26.4 Å². The van der Waals surface area contributed by atoms with Crippen LogP contribution >= 0.6 is 11.6 Å². The number of aromatic nitrogens is 1. The van der Waals surface area contributed by atoms with Crippen LogP contribution in [0.4, 0.5) is 19.0 Å². The van der Waals surface area contributed by atoms with Crippen LogP contribution in [0.2, 0.25) is 5.02 Å². The molecule has 0 saturated carbocycles. The molecule has 0 spiro atoms. The van der Waals surface area contributed by atoms with Crippen LogP contribution in [0.1, 0.15) is 29.8 Å². The second-order valence-electron chi connectivity index (χ2n) is 6.31. The van der Waals surface area contributed by atoms with Crippen molar-refractivity contribution in [2.45, 2.75) is 24.9 Å². The number of rotatable bonds is 9. The first-order valence-electron chi connectivity index (χ1n) is 9.36. The Kier molecular flexibility index (Phi) is 8.27. The minimum Gasteiger partial charge on any atom is -0.368 e. The van der Waals surface area contributed by atoms with E-state index in [0.29, 0.717) is 0 Å². The van der Waals surface area contributed by atoms with Gasteiger partial charge in [0, 0.05) is 32.4 Å². The van der Waals surface area contributed by atoms with Crippen LogP contribution < -0.4 is 10.6 Å². The number of carbonyl (C=O) groups excluding carboxylic acids is 1. The van der Waals surface area contributed by atoms with E-state index in [1.54, 1.807) is 13.8 Å². The molecule has 0 saturated heterocycles. The molecule has 0 aliphatic rings. The highest BCUT2D eigenvalue weighted by Crippen LogP contribution is 2.33. The number of nitrogens with one attached hydrogen (secondary N) is 2. The quantitative estimate of drug-likeness (QED) is 0.537. The van der Waals surface area contributed by atoms with Crippen molar-refractivity contribution in [3.8, 4) is 0 Å². The highest BCUT2D eigenvalue weighted by atomic mass is 35.5. The Morgan fingerprint density at radius 2 is 1.84 bits per heavy atom. The van der Waals surface area contributed by atoms with Gasteiger partial charge in [-0.15, -0.1) is 0 Å². The van der Waals surface area contributed by atoms with Gasteiger partial charge >= 0.3 is 6.18 Å². The fourth-order valence-electron chi connectivity index (χ4n) is 2.78. The van der Waals surface area contributed by atoms with E-state index in [9.17, 15) is 26.4 Å². The lowest BCUT2D eigenvalue weighted by atomic mass is 10.2. The second-order valence-corrected chi connectivity index (χ2v) is 8.66. The number of carbonyl (C=O) groups is 1. The van der Waals surface area contributed by atoms with Crippen molar-refractivity contribution in [2.75, 3.05) is 31.5 Å². The summed E-state index contributed by atoms with van der Waals surface area (Å²) in [6.45, 7) is 3.84. The number of halogens is 4. The van der Waals surface area contributed by atoms with Gasteiger partial charge < -0.3 is 10.6 Å². The maximum absolute atomic E-state index is 13.0. The Morgan fingerprint density at radius 3 is 2.45 bits per heavy atom. The molecule has 7 nitrogen and oxygen atoms in total. The van der Waals surface area contributed by atoms with Gasteiger partial charge in [0.25, 0.3) is 5.91 Å². The van der Waals surface area contributed by atoms with Crippen molar-refractivity contribution in [1.82, 2.24) is 14.6 Å². The third-order valence-corrected chi connectivity index (χ3v) is 6.72. The predicted octanol–water partition coefficient (Wildman–Crippen LogP) is 3.63. The van der Waals surface area contributed by atoms with E-state index >= 15 is 0 Å². The average molecular weight is 479 g/mol. The molecule has 0 atom stereocenters. The van der Waals surface area contributed by atoms with E-state index in [-0.39, 0.29) is 47.5 Å². The Balaban J connectivity index is 2.07. The summed E-state index contributed by atoms with van der Waals surface area (Å²) >= 11 is 6.05. The number of pyridine rings is 1. The molecule has 1 aromatic carbocycles. The molecule has 0 radical (unpaired) electrons. The van der Waals surface area contributed by atoms with Crippen LogP contribution in [-0.2, 0) is 16.2 Å². The van der Waals surface area contributed by atoms with Crippen molar-refractivity contribution in [1.29, 1.82) is 0 Å². The van der Waals surface area contributed by atoms with Gasteiger partial charge in [0.05, 0.1) is 21.0 Å². The maximum atomic E-state index is 13.0. The molecule has 2 N–H and O–H groups in total. The summed E-state index contributed by atoms with van der Waals surface area (Å²) in [5, 5.41) is 5.08. The standard InChI is InChI=1S/C19H22ClF3N4O3S/c1-3-27(4-2)31(29,30)13-7-8-16(20)14(12-13)18(28)26-11-10-25-17-15(19(21,22)23)6-5-9-24-17/h5-9,12H,3-4,10-11H2,1-2H3,(H,24,25)(H,26,28). The third-order valence-electron chi connectivity index (χ3n) is 4.34. The van der Waals surface area contributed by atoms with Crippen LogP contribution in [-0.4, -0.2) is 49.8 Å². The Labute approximate surface area is 183 Å². The van der Waals surface area contributed by atoms with Gasteiger partial charge in [-0.3, -0.25) is 4.79 Å². The zero-order valence-corrected chi connectivity index (χ0v) is 18.4. The van der Waals surface area contributed by atoms with Gasteiger partial charge in [0.2, 0.25) is 10.0 Å². The first-order valence-corrected chi connectivity index (χ1v) is 11.2. The highest BCUT2D eigenvalue weighted by molar-refractivity contribution is 7.89. The fraction of sp³-hybridized carbons (Fsp3) is 0.368. The van der Waals surface area contributed by atoms with E-state index in [2.05, 4.69) is 15.6 Å². The first kappa shape index (κ1) is 24.9. The van der Waals surface area contributed by atoms with Gasteiger partial charge in [-0.2, -0.15) is 17.5 Å². The van der Waals surface area contributed by atoms with Crippen LogP contribution in [0.5, 0.6) is 0 Å². The number of amides is 1. The number of hydrogen-bond donors (Lipinski definition) is 2. The van der Waals surface area contributed by atoms with Gasteiger partial charge in [0.1, 0.15) is 5.82 Å². The number of benzene rings is 1. The van der Waals surface area contributed by atoms with Crippen LogP contribution in [0.3, 0.4) is 0 Å². The Morgan fingerprint density at radius 1 is 1.16 bits per heavy atom. The molecule has 0 bridgehead atoms. The molecule has 0 aliphatic heterocycles.